The Morgan fingerprint density at radius 1 is 1.42 bits per heavy atom. The lowest BCUT2D eigenvalue weighted by atomic mass is 9.48. The third-order valence-corrected chi connectivity index (χ3v) is 8.93. The molecule has 2 aliphatic carbocycles. The van der Waals surface area contributed by atoms with Gasteiger partial charge in [0, 0.05) is 24.8 Å². The van der Waals surface area contributed by atoms with Gasteiger partial charge in [0.05, 0.1) is 11.0 Å². The number of aromatic hydroxyl groups is 1. The first-order valence-corrected chi connectivity index (χ1v) is 11.6. The highest BCUT2D eigenvalue weighted by atomic mass is 16.5. The maximum Gasteiger partial charge on any atom is 0.320 e. The van der Waals surface area contributed by atoms with E-state index in [1.54, 1.807) is 6.07 Å². The van der Waals surface area contributed by atoms with Crippen molar-refractivity contribution in [3.63, 3.8) is 0 Å². The Hall–Kier alpha value is -1.83. The summed E-state index contributed by atoms with van der Waals surface area (Å²) in [6.07, 6.45) is 3.85. The molecule has 1 saturated carbocycles. The van der Waals surface area contributed by atoms with Crippen LogP contribution in [0, 0.1) is 5.92 Å². The van der Waals surface area contributed by atoms with E-state index < -0.39 is 23.0 Å². The Morgan fingerprint density at radius 3 is 2.87 bits per heavy atom. The van der Waals surface area contributed by atoms with Gasteiger partial charge in [-0.15, -0.1) is 0 Å². The van der Waals surface area contributed by atoms with E-state index in [1.165, 1.54) is 5.56 Å². The lowest BCUT2D eigenvalue weighted by Gasteiger charge is -2.65. The van der Waals surface area contributed by atoms with Crippen molar-refractivity contribution in [2.45, 2.75) is 81.2 Å². The number of nitrogens with zero attached hydrogens (tertiary/aromatic N) is 1. The van der Waals surface area contributed by atoms with E-state index >= 15 is 0 Å². The number of piperidine rings is 1. The summed E-state index contributed by atoms with van der Waals surface area (Å²) >= 11 is 0. The van der Waals surface area contributed by atoms with Crippen LogP contribution in [0.2, 0.25) is 0 Å². The molecule has 3 N–H and O–H groups in total. The Bertz CT molecular complexity index is 906. The van der Waals surface area contributed by atoms with E-state index in [9.17, 15) is 15.0 Å². The lowest BCUT2D eigenvalue weighted by Crippen LogP contribution is -2.78. The van der Waals surface area contributed by atoms with Crippen molar-refractivity contribution in [1.82, 2.24) is 10.2 Å². The number of rotatable bonds is 6. The highest BCUT2D eigenvalue weighted by Gasteiger charge is 2.73. The number of hydrogen-bond acceptors (Lipinski definition) is 6. The molecule has 0 radical (unpaired) electrons. The van der Waals surface area contributed by atoms with Gasteiger partial charge < -0.3 is 24.6 Å². The van der Waals surface area contributed by atoms with Crippen molar-refractivity contribution < 1.29 is 24.5 Å². The summed E-state index contributed by atoms with van der Waals surface area (Å²) in [4.78, 5) is 14.5. The Morgan fingerprint density at radius 2 is 2.19 bits per heavy atom. The van der Waals surface area contributed by atoms with E-state index in [2.05, 4.69) is 17.3 Å². The third-order valence-electron chi connectivity index (χ3n) is 8.93. The zero-order valence-electron chi connectivity index (χ0n) is 18.9. The number of methoxy groups -OCH3 is 1. The monoisotopic (exact) mass is 430 g/mol. The summed E-state index contributed by atoms with van der Waals surface area (Å²) in [6, 6.07) is 3.24. The van der Waals surface area contributed by atoms with Gasteiger partial charge in [0.1, 0.15) is 12.1 Å². The quantitative estimate of drug-likeness (QED) is 0.638. The fourth-order valence-electron chi connectivity index (χ4n) is 7.26. The molecule has 5 rings (SSSR count). The minimum absolute atomic E-state index is 0.00782. The molecule has 4 aliphatic rings. The average molecular weight is 431 g/mol. The number of hydrogen-bond donors (Lipinski definition) is 3. The minimum Gasteiger partial charge on any atom is -0.504 e. The molecule has 1 aromatic rings. The summed E-state index contributed by atoms with van der Waals surface area (Å²) in [6.45, 7) is 4.92. The number of carboxylic acids is 1. The first kappa shape index (κ1) is 21.0. The first-order chi connectivity index (χ1) is 14.8. The zero-order valence-corrected chi connectivity index (χ0v) is 18.9. The number of phenolic OH excluding ortho intramolecular Hbond substituents is 1. The van der Waals surface area contributed by atoms with Crippen molar-refractivity contribution in [3.8, 4) is 11.5 Å². The molecule has 7 nitrogen and oxygen atoms in total. The molecule has 1 unspecified atom stereocenters. The van der Waals surface area contributed by atoms with Crippen LogP contribution in [0.15, 0.2) is 12.1 Å². The maximum atomic E-state index is 12.1. The predicted octanol–water partition coefficient (Wildman–Crippen LogP) is 2.29. The van der Waals surface area contributed by atoms with Crippen LogP contribution in [-0.4, -0.2) is 71.6 Å². The summed E-state index contributed by atoms with van der Waals surface area (Å²) in [5.74, 6) is -0.0655. The standard InChI is InChI=1S/C24H34N2O5/c1-5-13(2)19(22(28)29)25-15-8-9-24(30-4)17-12-14-6-7-16(27)20-18(14)23(24,21(15)31-20)10-11-26(17)3/h6-7,13,15,17,19,21,25,27H,5,8-12H2,1-4H3,(H,28,29)/t13-,15-,17?,19-,21-,23-,24+/m0/s1. The Balaban J connectivity index is 1.64. The number of nitrogens with one attached hydrogen (secondary N) is 1. The van der Waals surface area contributed by atoms with E-state index in [-0.39, 0.29) is 29.9 Å². The smallest absolute Gasteiger partial charge is 0.320 e. The van der Waals surface area contributed by atoms with E-state index in [4.69, 9.17) is 9.47 Å². The second kappa shape index (κ2) is 7.09. The molecule has 7 heteroatoms. The van der Waals surface area contributed by atoms with Crippen LogP contribution in [0.5, 0.6) is 11.5 Å². The van der Waals surface area contributed by atoms with Gasteiger partial charge in [0.15, 0.2) is 11.5 Å². The lowest BCUT2D eigenvalue weighted by molar-refractivity contribution is -0.204. The van der Waals surface area contributed by atoms with Crippen molar-refractivity contribution in [2.24, 2.45) is 5.92 Å². The number of benzene rings is 1. The van der Waals surface area contributed by atoms with E-state index in [0.717, 1.165) is 44.2 Å². The normalized spacial score (nSPS) is 37.6. The molecule has 7 atom stereocenters. The third kappa shape index (κ3) is 2.54. The Kier molecular flexibility index (Phi) is 4.81. The first-order valence-electron chi connectivity index (χ1n) is 11.6. The van der Waals surface area contributed by atoms with Crippen LogP contribution in [0.1, 0.15) is 50.7 Å². The average Bonchev–Trinajstić information content (AvgIpc) is 3.12. The second-order valence-electron chi connectivity index (χ2n) is 10.0. The van der Waals surface area contributed by atoms with Crippen LogP contribution in [0.25, 0.3) is 0 Å². The Labute approximate surface area is 183 Å². The van der Waals surface area contributed by atoms with Gasteiger partial charge in [-0.05, 0) is 56.8 Å². The maximum absolute atomic E-state index is 12.1. The summed E-state index contributed by atoms with van der Waals surface area (Å²) in [5, 5.41) is 24.1. The number of carboxylic acid groups (broad SMARTS) is 1. The van der Waals surface area contributed by atoms with Crippen LogP contribution in [0.4, 0.5) is 0 Å². The molecule has 1 saturated heterocycles. The second-order valence-corrected chi connectivity index (χ2v) is 10.0. The molecule has 170 valence electrons. The molecule has 31 heavy (non-hydrogen) atoms. The molecule has 0 amide bonds. The van der Waals surface area contributed by atoms with Crippen molar-refractivity contribution >= 4 is 5.97 Å². The van der Waals surface area contributed by atoms with Gasteiger partial charge >= 0.3 is 5.97 Å². The van der Waals surface area contributed by atoms with Crippen molar-refractivity contribution in [1.29, 1.82) is 0 Å². The largest absolute Gasteiger partial charge is 0.504 e. The van der Waals surface area contributed by atoms with Gasteiger partial charge in [-0.1, -0.05) is 26.3 Å². The molecule has 2 aliphatic heterocycles. The fraction of sp³-hybridized carbons (Fsp3) is 0.708. The number of likely N-dealkylation sites (tertiary alicyclic amines) is 1. The van der Waals surface area contributed by atoms with Crippen LogP contribution in [0.3, 0.4) is 0 Å². The number of aliphatic carboxylic acids is 1. The summed E-state index contributed by atoms with van der Waals surface area (Å²) in [7, 11) is 3.98. The molecular weight excluding hydrogens is 396 g/mol. The molecular formula is C24H34N2O5. The van der Waals surface area contributed by atoms with E-state index in [1.807, 2.05) is 27.0 Å². The van der Waals surface area contributed by atoms with Crippen LogP contribution >= 0.6 is 0 Å². The van der Waals surface area contributed by atoms with Gasteiger partial charge in [-0.2, -0.15) is 0 Å². The molecule has 1 aromatic carbocycles. The van der Waals surface area contributed by atoms with Gasteiger partial charge in [-0.3, -0.25) is 10.1 Å². The van der Waals surface area contributed by atoms with Crippen molar-refractivity contribution in [2.75, 3.05) is 20.7 Å². The molecule has 1 spiro atoms. The number of likely N-dealkylation sites (N-methyl/N-ethyl adjacent to an activating group) is 1. The van der Waals surface area contributed by atoms with Crippen LogP contribution < -0.4 is 10.1 Å². The number of carbonyl (C=O) groups is 1. The number of ether oxygens (including phenoxy) is 2. The van der Waals surface area contributed by atoms with E-state index in [0.29, 0.717) is 5.75 Å². The van der Waals surface area contributed by atoms with Gasteiger partial charge in [0.25, 0.3) is 0 Å². The summed E-state index contributed by atoms with van der Waals surface area (Å²) in [5.41, 5.74) is 1.52. The minimum atomic E-state index is -0.820. The number of phenols is 1. The highest BCUT2D eigenvalue weighted by Crippen LogP contribution is 2.66. The van der Waals surface area contributed by atoms with Crippen molar-refractivity contribution in [3.05, 3.63) is 23.3 Å². The van der Waals surface area contributed by atoms with Gasteiger partial charge in [0.2, 0.25) is 0 Å². The zero-order chi connectivity index (χ0) is 22.1. The summed E-state index contributed by atoms with van der Waals surface area (Å²) < 4.78 is 13.0. The van der Waals surface area contributed by atoms with Crippen LogP contribution in [-0.2, 0) is 21.4 Å². The predicted molar refractivity (Wildman–Crippen MR) is 116 cm³/mol. The molecule has 0 aromatic heterocycles. The molecule has 2 heterocycles. The topological polar surface area (TPSA) is 91.3 Å². The van der Waals surface area contributed by atoms with Gasteiger partial charge in [-0.25, -0.2) is 0 Å². The highest BCUT2D eigenvalue weighted by molar-refractivity contribution is 5.74. The SMILES string of the molecule is CC[C@H](C)[C@H](N[C@H]1CC[C@@]2(OC)C3Cc4ccc(O)c5c4[C@@]2(CCN3C)[C@H]1O5)C(=O)O. The molecule has 2 fully saturated rings. The fourth-order valence-corrected chi connectivity index (χ4v) is 7.26. The molecule has 2 bridgehead atoms.